The van der Waals surface area contributed by atoms with Gasteiger partial charge < -0.3 is 9.47 Å². The van der Waals surface area contributed by atoms with Crippen LogP contribution >= 0.6 is 0 Å². The molecule has 0 atom stereocenters. The van der Waals surface area contributed by atoms with Crippen molar-refractivity contribution in [2.75, 3.05) is 24.6 Å². The first-order chi connectivity index (χ1) is 10.9. The van der Waals surface area contributed by atoms with Crippen molar-refractivity contribution >= 4 is 15.7 Å². The SMILES string of the molecule is COc1ccc(C)cc1S(=O)(=O)N1CCOc2ncc(C)cc21. The molecule has 0 spiro atoms. The molecule has 0 fully saturated rings. The maximum absolute atomic E-state index is 13.2. The molecule has 6 nitrogen and oxygen atoms in total. The van der Waals surface area contributed by atoms with E-state index in [2.05, 4.69) is 4.98 Å². The average Bonchev–Trinajstić information content (AvgIpc) is 2.54. The van der Waals surface area contributed by atoms with Crippen molar-refractivity contribution in [3.8, 4) is 11.6 Å². The number of pyridine rings is 1. The van der Waals surface area contributed by atoms with E-state index in [-0.39, 0.29) is 18.0 Å². The van der Waals surface area contributed by atoms with E-state index in [0.29, 0.717) is 17.3 Å². The highest BCUT2D eigenvalue weighted by Crippen LogP contribution is 2.36. The Labute approximate surface area is 135 Å². The van der Waals surface area contributed by atoms with Crippen LogP contribution in [0, 0.1) is 13.8 Å². The molecule has 23 heavy (non-hydrogen) atoms. The molecule has 0 N–H and O–H groups in total. The van der Waals surface area contributed by atoms with E-state index in [9.17, 15) is 8.42 Å². The molecule has 0 bridgehead atoms. The van der Waals surface area contributed by atoms with Gasteiger partial charge in [-0.25, -0.2) is 13.4 Å². The van der Waals surface area contributed by atoms with Crippen molar-refractivity contribution in [2.45, 2.75) is 18.7 Å². The van der Waals surface area contributed by atoms with Crippen LogP contribution in [-0.2, 0) is 10.0 Å². The summed E-state index contributed by atoms with van der Waals surface area (Å²) in [4.78, 5) is 4.32. The van der Waals surface area contributed by atoms with E-state index in [1.807, 2.05) is 19.9 Å². The fourth-order valence-corrected chi connectivity index (χ4v) is 4.21. The summed E-state index contributed by atoms with van der Waals surface area (Å²) in [5.41, 5.74) is 2.17. The predicted molar refractivity (Wildman–Crippen MR) is 86.7 cm³/mol. The average molecular weight is 334 g/mol. The van der Waals surface area contributed by atoms with Gasteiger partial charge in [-0.2, -0.15) is 0 Å². The topological polar surface area (TPSA) is 68.7 Å². The number of aryl methyl sites for hydroxylation is 2. The molecule has 0 saturated carbocycles. The number of fused-ring (bicyclic) bond motifs is 1. The Morgan fingerprint density at radius 1 is 1.22 bits per heavy atom. The molecular weight excluding hydrogens is 316 g/mol. The summed E-state index contributed by atoms with van der Waals surface area (Å²) in [6.45, 7) is 4.20. The van der Waals surface area contributed by atoms with E-state index in [1.54, 1.807) is 24.4 Å². The lowest BCUT2D eigenvalue weighted by atomic mass is 10.2. The number of aromatic nitrogens is 1. The monoisotopic (exact) mass is 334 g/mol. The zero-order chi connectivity index (χ0) is 16.6. The van der Waals surface area contributed by atoms with Crippen molar-refractivity contribution in [2.24, 2.45) is 0 Å². The summed E-state index contributed by atoms with van der Waals surface area (Å²) in [5.74, 6) is 0.654. The summed E-state index contributed by atoms with van der Waals surface area (Å²) in [6.07, 6.45) is 1.65. The van der Waals surface area contributed by atoms with Gasteiger partial charge in [-0.3, -0.25) is 4.31 Å². The van der Waals surface area contributed by atoms with E-state index in [4.69, 9.17) is 9.47 Å². The zero-order valence-electron chi connectivity index (χ0n) is 13.2. The van der Waals surface area contributed by atoms with Crippen LogP contribution in [0.15, 0.2) is 35.4 Å². The van der Waals surface area contributed by atoms with Crippen LogP contribution in [0.25, 0.3) is 0 Å². The normalized spacial score (nSPS) is 14.1. The molecule has 0 amide bonds. The van der Waals surface area contributed by atoms with Gasteiger partial charge in [-0.1, -0.05) is 6.07 Å². The van der Waals surface area contributed by atoms with Gasteiger partial charge in [0, 0.05) is 6.20 Å². The van der Waals surface area contributed by atoms with Crippen LogP contribution in [0.1, 0.15) is 11.1 Å². The van der Waals surface area contributed by atoms with Gasteiger partial charge in [-0.05, 0) is 43.2 Å². The first-order valence-corrected chi connectivity index (χ1v) is 8.64. The lowest BCUT2D eigenvalue weighted by molar-refractivity contribution is 0.303. The third-order valence-corrected chi connectivity index (χ3v) is 5.49. The maximum atomic E-state index is 13.2. The Bertz CT molecular complexity index is 849. The van der Waals surface area contributed by atoms with Gasteiger partial charge >= 0.3 is 0 Å². The van der Waals surface area contributed by atoms with Crippen LogP contribution in [0.2, 0.25) is 0 Å². The first kappa shape index (κ1) is 15.6. The summed E-state index contributed by atoms with van der Waals surface area (Å²) >= 11 is 0. The molecule has 0 aliphatic carbocycles. The van der Waals surface area contributed by atoms with Crippen molar-refractivity contribution < 1.29 is 17.9 Å². The second-order valence-corrected chi connectivity index (χ2v) is 7.25. The van der Waals surface area contributed by atoms with Gasteiger partial charge in [0.1, 0.15) is 22.9 Å². The number of anilines is 1. The number of sulfonamides is 1. The van der Waals surface area contributed by atoms with Crippen molar-refractivity contribution in [3.63, 3.8) is 0 Å². The molecule has 1 aromatic carbocycles. The molecule has 0 radical (unpaired) electrons. The minimum Gasteiger partial charge on any atom is -0.495 e. The Morgan fingerprint density at radius 2 is 2.00 bits per heavy atom. The highest BCUT2D eigenvalue weighted by molar-refractivity contribution is 7.93. The minimum absolute atomic E-state index is 0.148. The van der Waals surface area contributed by atoms with Crippen molar-refractivity contribution in [1.82, 2.24) is 4.98 Å². The van der Waals surface area contributed by atoms with Crippen LogP contribution in [-0.4, -0.2) is 33.7 Å². The Morgan fingerprint density at radius 3 is 2.74 bits per heavy atom. The van der Waals surface area contributed by atoms with Crippen LogP contribution in [0.3, 0.4) is 0 Å². The molecule has 1 aromatic heterocycles. The lowest BCUT2D eigenvalue weighted by Gasteiger charge is -2.30. The number of benzene rings is 1. The largest absolute Gasteiger partial charge is 0.495 e. The fourth-order valence-electron chi connectivity index (χ4n) is 2.53. The fraction of sp³-hybridized carbons (Fsp3) is 0.312. The zero-order valence-corrected chi connectivity index (χ0v) is 14.1. The van der Waals surface area contributed by atoms with E-state index < -0.39 is 10.0 Å². The highest BCUT2D eigenvalue weighted by Gasteiger charge is 2.33. The molecule has 2 heterocycles. The number of hydrogen-bond donors (Lipinski definition) is 0. The van der Waals surface area contributed by atoms with Crippen molar-refractivity contribution in [3.05, 3.63) is 41.6 Å². The molecule has 7 heteroatoms. The van der Waals surface area contributed by atoms with E-state index in [1.165, 1.54) is 11.4 Å². The van der Waals surface area contributed by atoms with Gasteiger partial charge in [0.15, 0.2) is 0 Å². The summed E-state index contributed by atoms with van der Waals surface area (Å²) in [7, 11) is -2.31. The number of hydrogen-bond acceptors (Lipinski definition) is 5. The van der Waals surface area contributed by atoms with E-state index in [0.717, 1.165) is 11.1 Å². The Balaban J connectivity index is 2.16. The first-order valence-electron chi connectivity index (χ1n) is 7.20. The van der Waals surface area contributed by atoms with Crippen LogP contribution in [0.5, 0.6) is 11.6 Å². The quantitative estimate of drug-likeness (QED) is 0.861. The molecule has 1 aliphatic heterocycles. The van der Waals surface area contributed by atoms with E-state index >= 15 is 0 Å². The smallest absolute Gasteiger partial charge is 0.268 e. The molecule has 0 unspecified atom stereocenters. The molecular formula is C16H18N2O4S. The lowest BCUT2D eigenvalue weighted by Crippen LogP contribution is -2.38. The molecule has 122 valence electrons. The number of rotatable bonds is 3. The molecule has 1 aliphatic rings. The maximum Gasteiger partial charge on any atom is 0.268 e. The van der Waals surface area contributed by atoms with Gasteiger partial charge in [0.05, 0.1) is 13.7 Å². The Hall–Kier alpha value is -2.28. The van der Waals surface area contributed by atoms with Gasteiger partial charge in [-0.15, -0.1) is 0 Å². The molecule has 2 aromatic rings. The second-order valence-electron chi connectivity index (χ2n) is 5.42. The number of ether oxygens (including phenoxy) is 2. The minimum atomic E-state index is -3.77. The standard InChI is InChI=1S/C16H18N2O4S/c1-11-4-5-14(21-3)15(9-11)23(19,20)18-6-7-22-16-13(18)8-12(2)10-17-16/h4-5,8-10H,6-7H2,1-3H3. The summed E-state index contributed by atoms with van der Waals surface area (Å²) in [6, 6.07) is 6.86. The second kappa shape index (κ2) is 5.73. The summed E-state index contributed by atoms with van der Waals surface area (Å²) in [5, 5.41) is 0. The number of methoxy groups -OCH3 is 1. The predicted octanol–water partition coefficient (Wildman–Crippen LogP) is 2.29. The number of nitrogens with zero attached hydrogens (tertiary/aromatic N) is 2. The highest BCUT2D eigenvalue weighted by atomic mass is 32.2. The van der Waals surface area contributed by atoms with Crippen molar-refractivity contribution in [1.29, 1.82) is 0 Å². The molecule has 3 rings (SSSR count). The van der Waals surface area contributed by atoms with Gasteiger partial charge in [0.2, 0.25) is 5.88 Å². The van der Waals surface area contributed by atoms with Crippen LogP contribution < -0.4 is 13.8 Å². The third-order valence-electron chi connectivity index (χ3n) is 3.66. The van der Waals surface area contributed by atoms with Crippen LogP contribution in [0.4, 0.5) is 5.69 Å². The molecule has 0 saturated heterocycles. The van der Waals surface area contributed by atoms with Gasteiger partial charge in [0.25, 0.3) is 10.0 Å². The summed E-state index contributed by atoms with van der Waals surface area (Å²) < 4.78 is 38.4. The Kier molecular flexibility index (Phi) is 3.89. The third kappa shape index (κ3) is 2.72.